The average molecular weight is 582 g/mol. The van der Waals surface area contributed by atoms with Crippen LogP contribution in [0.5, 0.6) is 5.75 Å². The van der Waals surface area contributed by atoms with Crippen molar-refractivity contribution in [1.82, 2.24) is 4.90 Å². The molecule has 13 nitrogen and oxygen atoms in total. The monoisotopic (exact) mass is 581 g/mol. The summed E-state index contributed by atoms with van der Waals surface area (Å²) in [6.07, 6.45) is -14.2. The molecule has 0 saturated carbocycles. The lowest BCUT2D eigenvalue weighted by Gasteiger charge is -2.33. The predicted molar refractivity (Wildman–Crippen MR) is 142 cm³/mol. The number of aliphatic hydroxyl groups is 10. The van der Waals surface area contributed by atoms with Gasteiger partial charge in [0.2, 0.25) is 0 Å². The lowest BCUT2D eigenvalue weighted by atomic mass is 10.0. The highest BCUT2D eigenvalue weighted by molar-refractivity contribution is 8.13. The molecule has 14 heteroatoms. The number of carbonyl (C=O) groups is 1. The highest BCUT2D eigenvalue weighted by Crippen LogP contribution is 2.20. The van der Waals surface area contributed by atoms with Gasteiger partial charge in [-0.3, -0.25) is 9.69 Å². The number of thioether (sulfide) groups is 1. The smallest absolute Gasteiger partial charge is 0.191 e. The van der Waals surface area contributed by atoms with Gasteiger partial charge in [0.25, 0.3) is 0 Å². The molecule has 0 aliphatic heterocycles. The van der Waals surface area contributed by atoms with Crippen LogP contribution >= 0.6 is 11.8 Å². The van der Waals surface area contributed by atoms with E-state index in [9.17, 15) is 45.6 Å². The van der Waals surface area contributed by atoms with Gasteiger partial charge in [-0.2, -0.15) is 0 Å². The molecule has 0 heterocycles. The van der Waals surface area contributed by atoms with Crippen LogP contribution in [0, 0.1) is 5.92 Å². The summed E-state index contributed by atoms with van der Waals surface area (Å²) in [4.78, 5) is 13.1. The number of ether oxygens (including phenoxy) is 1. The molecule has 0 saturated heterocycles. The zero-order valence-corrected chi connectivity index (χ0v) is 22.9. The van der Waals surface area contributed by atoms with Gasteiger partial charge in [0, 0.05) is 31.3 Å². The summed E-state index contributed by atoms with van der Waals surface area (Å²) in [6.45, 7) is 1.20. The average Bonchev–Trinajstić information content (AvgIpc) is 2.93. The van der Waals surface area contributed by atoms with Crippen LogP contribution in [0.3, 0.4) is 0 Å². The van der Waals surface area contributed by atoms with Crippen molar-refractivity contribution >= 4 is 16.9 Å². The van der Waals surface area contributed by atoms with Gasteiger partial charge in [0.05, 0.1) is 25.4 Å². The van der Waals surface area contributed by atoms with Crippen LogP contribution in [0.2, 0.25) is 0 Å². The molecule has 39 heavy (non-hydrogen) atoms. The van der Waals surface area contributed by atoms with E-state index >= 15 is 0 Å². The van der Waals surface area contributed by atoms with Crippen molar-refractivity contribution < 1.29 is 60.6 Å². The van der Waals surface area contributed by atoms with Gasteiger partial charge in [0.1, 0.15) is 49.0 Å². The maximum atomic E-state index is 11.8. The summed E-state index contributed by atoms with van der Waals surface area (Å²) in [7, 11) is 0. The first-order chi connectivity index (χ1) is 18.3. The van der Waals surface area contributed by atoms with Gasteiger partial charge < -0.3 is 55.8 Å². The van der Waals surface area contributed by atoms with Gasteiger partial charge in [-0.15, -0.1) is 0 Å². The second-order valence-corrected chi connectivity index (χ2v) is 10.6. The minimum Gasteiger partial charge on any atom is -0.492 e. The number of carbonyl (C=O) groups excluding carboxylic acids is 1. The molecule has 226 valence electrons. The molecule has 1 rings (SSSR count). The minimum atomic E-state index is -1.87. The molecular formula is C25H43NO12S. The first-order valence-electron chi connectivity index (χ1n) is 12.6. The number of nitrogens with zero attached hydrogens (tertiary/aromatic N) is 1. The molecule has 0 unspecified atom stereocenters. The van der Waals surface area contributed by atoms with E-state index in [1.54, 1.807) is 24.3 Å². The van der Waals surface area contributed by atoms with E-state index in [-0.39, 0.29) is 37.3 Å². The number of benzene rings is 1. The van der Waals surface area contributed by atoms with Crippen LogP contribution in [0.4, 0.5) is 0 Å². The van der Waals surface area contributed by atoms with Gasteiger partial charge in [-0.05, 0) is 17.7 Å². The zero-order valence-electron chi connectivity index (χ0n) is 22.1. The zero-order chi connectivity index (χ0) is 29.7. The van der Waals surface area contributed by atoms with Gasteiger partial charge in [-0.1, -0.05) is 37.7 Å². The van der Waals surface area contributed by atoms with Crippen molar-refractivity contribution in [3.8, 4) is 5.75 Å². The molecule has 0 amide bonds. The maximum absolute atomic E-state index is 11.8. The second-order valence-electron chi connectivity index (χ2n) is 9.61. The Balaban J connectivity index is 2.82. The van der Waals surface area contributed by atoms with Gasteiger partial charge in [-0.25, -0.2) is 0 Å². The Labute approximate surface area is 231 Å². The molecule has 0 bridgehead atoms. The van der Waals surface area contributed by atoms with E-state index in [1.807, 2.05) is 13.8 Å². The van der Waals surface area contributed by atoms with Crippen LogP contribution in [-0.4, -0.2) is 149 Å². The fourth-order valence-corrected chi connectivity index (χ4v) is 4.26. The normalized spacial score (nSPS) is 18.3. The fraction of sp³-hybridized carbons (Fsp3) is 0.720. The molecule has 0 fully saturated rings. The van der Waals surface area contributed by atoms with Gasteiger partial charge in [0.15, 0.2) is 5.12 Å². The van der Waals surface area contributed by atoms with Crippen molar-refractivity contribution in [2.45, 2.75) is 68.4 Å². The molecule has 1 aromatic rings. The van der Waals surface area contributed by atoms with E-state index in [0.717, 1.165) is 5.56 Å². The van der Waals surface area contributed by atoms with E-state index in [4.69, 9.17) is 14.9 Å². The summed E-state index contributed by atoms with van der Waals surface area (Å²) in [5.74, 6) is 0.938. The summed E-state index contributed by atoms with van der Waals surface area (Å²) in [5.41, 5.74) is 0.921. The maximum Gasteiger partial charge on any atom is 0.191 e. The van der Waals surface area contributed by atoms with Crippen LogP contribution < -0.4 is 4.74 Å². The Bertz CT molecular complexity index is 787. The van der Waals surface area contributed by atoms with Crippen LogP contribution in [0.1, 0.15) is 19.4 Å². The SMILES string of the molecule is CC(C)C(=O)SCc1ccc(OCCN(C[C@@H](O)[C@@H](O)[C@H](O)[C@H](O)CO)C[C@@H](O)[C@@H](O)[C@H](O)[C@H](O)CO)cc1. The summed E-state index contributed by atoms with van der Waals surface area (Å²) in [6, 6.07) is 7.01. The summed E-state index contributed by atoms with van der Waals surface area (Å²) < 4.78 is 5.70. The van der Waals surface area contributed by atoms with Crippen molar-refractivity contribution in [3.05, 3.63) is 29.8 Å². The Morgan fingerprint density at radius 3 is 1.62 bits per heavy atom. The third-order valence-electron chi connectivity index (χ3n) is 5.99. The van der Waals surface area contributed by atoms with Crippen molar-refractivity contribution in [3.63, 3.8) is 0 Å². The highest BCUT2D eigenvalue weighted by Gasteiger charge is 2.34. The standard InChI is InChI=1S/C25H43NO12S/c1-14(2)25(37)39-13-15-3-5-16(6-4-15)38-8-7-26(9-17(29)21(33)23(35)19(31)11-27)10-18(30)22(34)24(36)20(32)12-28/h3-6,14,17-24,27-36H,7-13H2,1-2H3/t17-,18-,19-,20-,21-,22-,23-,24-/m1/s1. The Morgan fingerprint density at radius 2 is 1.21 bits per heavy atom. The summed E-state index contributed by atoms with van der Waals surface area (Å²) >= 11 is 1.22. The van der Waals surface area contributed by atoms with Crippen LogP contribution in [0.15, 0.2) is 24.3 Å². The number of hydrogen-bond donors (Lipinski definition) is 10. The predicted octanol–water partition coefficient (Wildman–Crippen LogP) is -3.34. The van der Waals surface area contributed by atoms with Crippen molar-refractivity contribution in [2.24, 2.45) is 5.92 Å². The first-order valence-corrected chi connectivity index (χ1v) is 13.6. The Morgan fingerprint density at radius 1 is 0.769 bits per heavy atom. The molecule has 10 N–H and O–H groups in total. The molecule has 1 aromatic carbocycles. The van der Waals surface area contributed by atoms with Crippen molar-refractivity contribution in [1.29, 1.82) is 0 Å². The largest absolute Gasteiger partial charge is 0.492 e. The lowest BCUT2D eigenvalue weighted by molar-refractivity contribution is -0.130. The van der Waals surface area contributed by atoms with E-state index in [0.29, 0.717) is 11.5 Å². The molecular weight excluding hydrogens is 538 g/mol. The third kappa shape index (κ3) is 12.3. The molecule has 0 radical (unpaired) electrons. The van der Waals surface area contributed by atoms with Crippen molar-refractivity contribution in [2.75, 3.05) is 39.5 Å². The third-order valence-corrected chi connectivity index (χ3v) is 7.23. The topological polar surface area (TPSA) is 232 Å². The Kier molecular flexibility index (Phi) is 16.5. The molecule has 0 aliphatic carbocycles. The fourth-order valence-electron chi connectivity index (χ4n) is 3.42. The molecule has 0 aliphatic rings. The second kappa shape index (κ2) is 18.1. The van der Waals surface area contributed by atoms with Crippen LogP contribution in [-0.2, 0) is 10.5 Å². The quantitative estimate of drug-likeness (QED) is 0.0770. The highest BCUT2D eigenvalue weighted by atomic mass is 32.2. The van der Waals surface area contributed by atoms with E-state index < -0.39 is 62.0 Å². The minimum absolute atomic E-state index is 0.00913. The van der Waals surface area contributed by atoms with Crippen LogP contribution in [0.25, 0.3) is 0 Å². The summed E-state index contributed by atoms with van der Waals surface area (Å²) in [5, 5.41) is 97.9. The molecule has 8 atom stereocenters. The first kappa shape index (κ1) is 35.6. The number of aliphatic hydroxyl groups excluding tert-OH is 10. The lowest BCUT2D eigenvalue weighted by Crippen LogP contribution is -2.53. The van der Waals surface area contributed by atoms with E-state index in [2.05, 4.69) is 0 Å². The van der Waals surface area contributed by atoms with Gasteiger partial charge >= 0.3 is 0 Å². The molecule has 0 aromatic heterocycles. The number of hydrogen-bond acceptors (Lipinski definition) is 14. The molecule has 0 spiro atoms. The van der Waals surface area contributed by atoms with E-state index in [1.165, 1.54) is 16.7 Å². The Hall–Kier alpha value is -1.40. The number of rotatable bonds is 19.